The number of nitrogens with one attached hydrogen (secondary N) is 1. The first-order valence-corrected chi connectivity index (χ1v) is 4.98. The average molecular weight is 147 g/mol. The van der Waals surface area contributed by atoms with Crippen LogP contribution in [0.25, 0.3) is 0 Å². The summed E-state index contributed by atoms with van der Waals surface area (Å²) in [5.74, 6) is 0. The quantitative estimate of drug-likeness (QED) is 0.560. The Balaban J connectivity index is 3.26. The first-order chi connectivity index (χ1) is 4.16. The van der Waals surface area contributed by atoms with E-state index in [2.05, 4.69) is 12.2 Å². The molecule has 1 unspecified atom stereocenters. The standard InChI is InChI=1S/C5H13NO2Si/c1-3-9-4(2)6-5(7)8/h4,6H,3,9H2,1-2H3,(H,7,8). The van der Waals surface area contributed by atoms with Crippen molar-refractivity contribution in [1.82, 2.24) is 5.32 Å². The van der Waals surface area contributed by atoms with E-state index in [0.717, 1.165) is 6.04 Å². The molecule has 0 aliphatic carbocycles. The van der Waals surface area contributed by atoms with Gasteiger partial charge in [0.05, 0.1) is 0 Å². The molecule has 0 rings (SSSR count). The molecule has 0 saturated carbocycles. The van der Waals surface area contributed by atoms with Gasteiger partial charge in [0.15, 0.2) is 0 Å². The molecule has 4 heteroatoms. The maximum atomic E-state index is 10.00. The van der Waals surface area contributed by atoms with Gasteiger partial charge in [0.25, 0.3) is 0 Å². The van der Waals surface area contributed by atoms with Gasteiger partial charge in [0.2, 0.25) is 0 Å². The monoisotopic (exact) mass is 147 g/mol. The highest BCUT2D eigenvalue weighted by Gasteiger charge is 2.02. The van der Waals surface area contributed by atoms with Crippen LogP contribution in [0.2, 0.25) is 6.04 Å². The number of amides is 1. The van der Waals surface area contributed by atoms with Crippen LogP contribution in [0.4, 0.5) is 4.79 Å². The second-order valence-electron chi connectivity index (χ2n) is 2.14. The van der Waals surface area contributed by atoms with Gasteiger partial charge in [-0.25, -0.2) is 4.79 Å². The van der Waals surface area contributed by atoms with Gasteiger partial charge >= 0.3 is 6.09 Å². The summed E-state index contributed by atoms with van der Waals surface area (Å²) in [6, 6.07) is 1.15. The molecule has 2 N–H and O–H groups in total. The van der Waals surface area contributed by atoms with Gasteiger partial charge < -0.3 is 10.4 Å². The lowest BCUT2D eigenvalue weighted by molar-refractivity contribution is 0.193. The molecule has 0 aromatic carbocycles. The van der Waals surface area contributed by atoms with E-state index in [9.17, 15) is 4.79 Å². The van der Waals surface area contributed by atoms with Crippen molar-refractivity contribution < 1.29 is 9.90 Å². The molecule has 0 saturated heterocycles. The van der Waals surface area contributed by atoms with Crippen LogP contribution in [0.1, 0.15) is 13.8 Å². The molecule has 0 bridgehead atoms. The van der Waals surface area contributed by atoms with E-state index < -0.39 is 6.09 Å². The molecule has 9 heavy (non-hydrogen) atoms. The topological polar surface area (TPSA) is 49.3 Å². The van der Waals surface area contributed by atoms with Crippen molar-refractivity contribution in [3.8, 4) is 0 Å². The van der Waals surface area contributed by atoms with Crippen LogP contribution in [0.3, 0.4) is 0 Å². The molecule has 0 aromatic rings. The zero-order chi connectivity index (χ0) is 7.28. The summed E-state index contributed by atoms with van der Waals surface area (Å²) in [6.07, 6.45) is -0.900. The van der Waals surface area contributed by atoms with Crippen molar-refractivity contribution in [2.75, 3.05) is 0 Å². The normalized spacial score (nSPS) is 14.0. The van der Waals surface area contributed by atoms with E-state index in [4.69, 9.17) is 5.11 Å². The average Bonchev–Trinajstić information content (AvgIpc) is 1.63. The van der Waals surface area contributed by atoms with E-state index in [-0.39, 0.29) is 15.2 Å². The van der Waals surface area contributed by atoms with Crippen molar-refractivity contribution in [1.29, 1.82) is 0 Å². The summed E-state index contributed by atoms with van der Waals surface area (Å²) < 4.78 is 0. The van der Waals surface area contributed by atoms with Gasteiger partial charge in [0, 0.05) is 15.2 Å². The Morgan fingerprint density at radius 2 is 2.44 bits per heavy atom. The fourth-order valence-corrected chi connectivity index (χ4v) is 1.90. The lowest BCUT2D eigenvalue weighted by atomic mass is 10.7. The Morgan fingerprint density at radius 3 is 2.78 bits per heavy atom. The molecule has 0 heterocycles. The SMILES string of the molecule is CC[SiH2]C(C)NC(=O)O. The second-order valence-corrected chi connectivity index (χ2v) is 4.94. The van der Waals surface area contributed by atoms with Gasteiger partial charge in [-0.1, -0.05) is 13.0 Å². The van der Waals surface area contributed by atoms with E-state index in [0.29, 0.717) is 0 Å². The van der Waals surface area contributed by atoms with Crippen molar-refractivity contribution >= 4 is 15.6 Å². The molecule has 0 fully saturated rings. The summed E-state index contributed by atoms with van der Waals surface area (Å²) in [6.45, 7) is 4.01. The lowest BCUT2D eigenvalue weighted by Gasteiger charge is -2.07. The van der Waals surface area contributed by atoms with Crippen LogP contribution in [0.15, 0.2) is 0 Å². The number of hydrogen-bond donors (Lipinski definition) is 2. The van der Waals surface area contributed by atoms with Gasteiger partial charge in [-0.05, 0) is 6.92 Å². The van der Waals surface area contributed by atoms with Crippen molar-refractivity contribution in [3.05, 3.63) is 0 Å². The Morgan fingerprint density at radius 1 is 1.89 bits per heavy atom. The maximum absolute atomic E-state index is 10.00. The minimum atomic E-state index is -0.900. The molecule has 1 atom stereocenters. The highest BCUT2D eigenvalue weighted by molar-refractivity contribution is 6.37. The Hall–Kier alpha value is -0.513. The van der Waals surface area contributed by atoms with Gasteiger partial charge in [-0.2, -0.15) is 0 Å². The molecule has 0 aliphatic rings. The predicted molar refractivity (Wildman–Crippen MR) is 39.6 cm³/mol. The van der Waals surface area contributed by atoms with Crippen LogP contribution in [0, 0.1) is 0 Å². The van der Waals surface area contributed by atoms with Crippen molar-refractivity contribution in [2.45, 2.75) is 25.6 Å². The van der Waals surface area contributed by atoms with Crippen LogP contribution in [-0.4, -0.2) is 26.4 Å². The minimum absolute atomic E-state index is 0.189. The van der Waals surface area contributed by atoms with Crippen LogP contribution in [0.5, 0.6) is 0 Å². The third-order valence-electron chi connectivity index (χ3n) is 1.09. The van der Waals surface area contributed by atoms with E-state index in [1.165, 1.54) is 0 Å². The molecular formula is C5H13NO2Si. The third-order valence-corrected chi connectivity index (χ3v) is 2.74. The predicted octanol–water partition coefficient (Wildman–Crippen LogP) is 0.207. The second kappa shape index (κ2) is 4.37. The van der Waals surface area contributed by atoms with Crippen molar-refractivity contribution in [3.63, 3.8) is 0 Å². The molecule has 0 radical (unpaired) electrons. The molecule has 0 aliphatic heterocycles. The highest BCUT2D eigenvalue weighted by atomic mass is 28.2. The van der Waals surface area contributed by atoms with Crippen LogP contribution >= 0.6 is 0 Å². The van der Waals surface area contributed by atoms with E-state index in [1.807, 2.05) is 6.92 Å². The Labute approximate surface area is 57.3 Å². The Kier molecular flexibility index (Phi) is 4.12. The molecule has 0 spiro atoms. The van der Waals surface area contributed by atoms with Gasteiger partial charge in [-0.15, -0.1) is 0 Å². The zero-order valence-corrected chi connectivity index (χ0v) is 7.26. The number of carboxylic acid groups (broad SMARTS) is 1. The number of hydrogen-bond acceptors (Lipinski definition) is 1. The summed E-state index contributed by atoms with van der Waals surface area (Å²) in [7, 11) is -0.189. The molecule has 54 valence electrons. The number of carbonyl (C=O) groups is 1. The Bertz CT molecular complexity index is 97.0. The van der Waals surface area contributed by atoms with E-state index in [1.54, 1.807) is 0 Å². The summed E-state index contributed by atoms with van der Waals surface area (Å²) in [5, 5.41) is 10.6. The summed E-state index contributed by atoms with van der Waals surface area (Å²) >= 11 is 0. The van der Waals surface area contributed by atoms with Crippen LogP contribution < -0.4 is 5.32 Å². The molecule has 0 aromatic heterocycles. The van der Waals surface area contributed by atoms with Gasteiger partial charge in [0.1, 0.15) is 0 Å². The number of rotatable bonds is 3. The molecule has 3 nitrogen and oxygen atoms in total. The summed E-state index contributed by atoms with van der Waals surface area (Å²) in [5.41, 5.74) is 0.229. The fourth-order valence-electron chi connectivity index (χ4n) is 0.716. The first kappa shape index (κ1) is 8.49. The maximum Gasteiger partial charge on any atom is 0.404 e. The fraction of sp³-hybridized carbons (Fsp3) is 0.800. The smallest absolute Gasteiger partial charge is 0.404 e. The first-order valence-electron chi connectivity index (χ1n) is 3.16. The largest absolute Gasteiger partial charge is 0.465 e. The lowest BCUT2D eigenvalue weighted by Crippen LogP contribution is -2.35. The summed E-state index contributed by atoms with van der Waals surface area (Å²) in [4.78, 5) is 10.00. The zero-order valence-electron chi connectivity index (χ0n) is 5.85. The minimum Gasteiger partial charge on any atom is -0.465 e. The molecular weight excluding hydrogens is 134 g/mol. The van der Waals surface area contributed by atoms with Gasteiger partial charge in [-0.3, -0.25) is 0 Å². The third kappa shape index (κ3) is 5.36. The van der Waals surface area contributed by atoms with Crippen molar-refractivity contribution in [2.24, 2.45) is 0 Å². The van der Waals surface area contributed by atoms with Crippen LogP contribution in [-0.2, 0) is 0 Å². The van der Waals surface area contributed by atoms with E-state index >= 15 is 0 Å². The highest BCUT2D eigenvalue weighted by Crippen LogP contribution is 1.82. The molecule has 1 amide bonds.